The molecule has 72 valence electrons. The molecule has 0 bridgehead atoms. The van der Waals surface area contributed by atoms with Crippen molar-refractivity contribution in [2.45, 2.75) is 19.9 Å². The predicted molar refractivity (Wildman–Crippen MR) is 54.9 cm³/mol. The van der Waals surface area contributed by atoms with Gasteiger partial charge in [-0.05, 0) is 24.1 Å². The van der Waals surface area contributed by atoms with E-state index < -0.39 is 0 Å². The normalized spacial score (nSPS) is 13.3. The Hall–Kier alpha value is -0.730. The molecule has 0 aliphatic carbocycles. The largest absolute Gasteiger partial charge is 0.508 e. The number of nitrogens with two attached hydrogens (primary N) is 1. The van der Waals surface area contributed by atoms with Gasteiger partial charge in [-0.25, -0.2) is 0 Å². The number of hydrogen-bond donors (Lipinski definition) is 2. The van der Waals surface area contributed by atoms with Gasteiger partial charge >= 0.3 is 0 Å². The van der Waals surface area contributed by atoms with E-state index in [4.69, 9.17) is 17.3 Å². The van der Waals surface area contributed by atoms with Crippen LogP contribution in [0.5, 0.6) is 5.75 Å². The summed E-state index contributed by atoms with van der Waals surface area (Å²) in [6.07, 6.45) is 0. The summed E-state index contributed by atoms with van der Waals surface area (Å²) in [6, 6.07) is 4.76. The zero-order valence-electron chi connectivity index (χ0n) is 7.79. The van der Waals surface area contributed by atoms with Gasteiger partial charge in [0.05, 0.1) is 0 Å². The van der Waals surface area contributed by atoms with Gasteiger partial charge in [-0.2, -0.15) is 0 Å². The second-order valence-corrected chi connectivity index (χ2v) is 3.91. The number of halogens is 1. The second kappa shape index (κ2) is 3.99. The van der Waals surface area contributed by atoms with Crippen molar-refractivity contribution in [3.05, 3.63) is 28.8 Å². The van der Waals surface area contributed by atoms with Crippen LogP contribution in [0.1, 0.15) is 25.5 Å². The Morgan fingerprint density at radius 2 is 2.00 bits per heavy atom. The number of aromatic hydroxyl groups is 1. The lowest BCUT2D eigenvalue weighted by molar-refractivity contribution is 0.440. The number of benzene rings is 1. The number of rotatable bonds is 2. The second-order valence-electron chi connectivity index (χ2n) is 3.47. The molecule has 1 atom stereocenters. The maximum Gasteiger partial charge on any atom is 0.120 e. The fourth-order valence-corrected chi connectivity index (χ4v) is 1.33. The first kappa shape index (κ1) is 10.4. The van der Waals surface area contributed by atoms with E-state index >= 15 is 0 Å². The fourth-order valence-electron chi connectivity index (χ4n) is 1.15. The third kappa shape index (κ3) is 2.36. The van der Waals surface area contributed by atoms with Gasteiger partial charge < -0.3 is 10.8 Å². The van der Waals surface area contributed by atoms with Crippen molar-refractivity contribution >= 4 is 11.6 Å². The maximum absolute atomic E-state index is 9.52. The summed E-state index contributed by atoms with van der Waals surface area (Å²) < 4.78 is 0. The molecule has 0 unspecified atom stereocenters. The quantitative estimate of drug-likeness (QED) is 0.770. The number of phenols is 1. The minimum absolute atomic E-state index is 0.168. The molecule has 0 fully saturated rings. The van der Waals surface area contributed by atoms with Gasteiger partial charge in [0.1, 0.15) is 5.75 Å². The van der Waals surface area contributed by atoms with Crippen LogP contribution in [0.25, 0.3) is 0 Å². The van der Waals surface area contributed by atoms with Gasteiger partial charge in [0.15, 0.2) is 0 Å². The standard InChI is InChI=1S/C10H14ClNO/c1-6(2)10(12)8-5-7(11)3-4-9(8)13/h3-6,10,13H,12H2,1-2H3/t10-/m1/s1. The van der Waals surface area contributed by atoms with Crippen LogP contribution in [0.2, 0.25) is 5.02 Å². The van der Waals surface area contributed by atoms with Crippen molar-refractivity contribution in [2.24, 2.45) is 11.7 Å². The minimum Gasteiger partial charge on any atom is -0.508 e. The molecule has 0 aliphatic rings. The Balaban J connectivity index is 3.05. The van der Waals surface area contributed by atoms with Crippen molar-refractivity contribution < 1.29 is 5.11 Å². The predicted octanol–water partition coefficient (Wildman–Crippen LogP) is 2.70. The van der Waals surface area contributed by atoms with Gasteiger partial charge in [0, 0.05) is 16.6 Å². The van der Waals surface area contributed by atoms with Crippen LogP contribution < -0.4 is 5.73 Å². The molecule has 1 aromatic rings. The topological polar surface area (TPSA) is 46.2 Å². The first-order chi connectivity index (χ1) is 6.02. The van der Waals surface area contributed by atoms with Gasteiger partial charge in [0.2, 0.25) is 0 Å². The molecular weight excluding hydrogens is 186 g/mol. The Morgan fingerprint density at radius 1 is 1.38 bits per heavy atom. The Morgan fingerprint density at radius 3 is 2.54 bits per heavy atom. The third-order valence-electron chi connectivity index (χ3n) is 2.07. The van der Waals surface area contributed by atoms with Crippen molar-refractivity contribution in [1.29, 1.82) is 0 Å². The average molecular weight is 200 g/mol. The van der Waals surface area contributed by atoms with E-state index in [1.165, 1.54) is 0 Å². The summed E-state index contributed by atoms with van der Waals surface area (Å²) in [7, 11) is 0. The van der Waals surface area contributed by atoms with Gasteiger partial charge in [-0.1, -0.05) is 25.4 Å². The molecule has 0 radical (unpaired) electrons. The molecule has 0 aliphatic heterocycles. The van der Waals surface area contributed by atoms with E-state index in [9.17, 15) is 5.11 Å². The van der Waals surface area contributed by atoms with E-state index in [1.807, 2.05) is 13.8 Å². The first-order valence-corrected chi connectivity index (χ1v) is 4.64. The lowest BCUT2D eigenvalue weighted by Gasteiger charge is -2.17. The highest BCUT2D eigenvalue weighted by Gasteiger charge is 2.14. The number of hydrogen-bond acceptors (Lipinski definition) is 2. The smallest absolute Gasteiger partial charge is 0.120 e. The summed E-state index contributed by atoms with van der Waals surface area (Å²) in [6.45, 7) is 4.01. The molecule has 0 saturated carbocycles. The van der Waals surface area contributed by atoms with Crippen molar-refractivity contribution in [1.82, 2.24) is 0 Å². The molecule has 2 nitrogen and oxygen atoms in total. The van der Waals surface area contributed by atoms with Crippen LogP contribution in [0.15, 0.2) is 18.2 Å². The summed E-state index contributed by atoms with van der Waals surface area (Å²) in [5, 5.41) is 10.1. The highest BCUT2D eigenvalue weighted by molar-refractivity contribution is 6.30. The third-order valence-corrected chi connectivity index (χ3v) is 2.30. The van der Waals surface area contributed by atoms with E-state index in [-0.39, 0.29) is 17.7 Å². The zero-order chi connectivity index (χ0) is 10.0. The highest BCUT2D eigenvalue weighted by Crippen LogP contribution is 2.29. The SMILES string of the molecule is CC(C)[C@@H](N)c1cc(Cl)ccc1O. The average Bonchev–Trinajstić information content (AvgIpc) is 2.08. The van der Waals surface area contributed by atoms with Gasteiger partial charge in [-0.15, -0.1) is 0 Å². The highest BCUT2D eigenvalue weighted by atomic mass is 35.5. The molecule has 1 aromatic carbocycles. The monoisotopic (exact) mass is 199 g/mol. The van der Waals surface area contributed by atoms with Crippen molar-refractivity contribution in [3.8, 4) is 5.75 Å². The van der Waals surface area contributed by atoms with Crippen LogP contribution >= 0.6 is 11.6 Å². The zero-order valence-corrected chi connectivity index (χ0v) is 8.55. The molecular formula is C10H14ClNO. The van der Waals surface area contributed by atoms with Gasteiger partial charge in [0.25, 0.3) is 0 Å². The molecule has 0 amide bonds. The van der Waals surface area contributed by atoms with Gasteiger partial charge in [-0.3, -0.25) is 0 Å². The molecule has 1 rings (SSSR count). The Bertz CT molecular complexity index is 299. The Labute approximate surface area is 83.3 Å². The van der Waals surface area contributed by atoms with E-state index in [0.717, 1.165) is 0 Å². The number of phenolic OH excluding ortho intramolecular Hbond substituents is 1. The van der Waals surface area contributed by atoms with Crippen LogP contribution in [-0.4, -0.2) is 5.11 Å². The first-order valence-electron chi connectivity index (χ1n) is 4.26. The molecule has 0 saturated heterocycles. The molecule has 3 N–H and O–H groups in total. The van der Waals surface area contributed by atoms with Crippen molar-refractivity contribution in [3.63, 3.8) is 0 Å². The molecule has 0 aromatic heterocycles. The maximum atomic E-state index is 9.52. The molecule has 0 spiro atoms. The van der Waals surface area contributed by atoms with Crippen molar-refractivity contribution in [2.75, 3.05) is 0 Å². The lowest BCUT2D eigenvalue weighted by atomic mass is 9.96. The lowest BCUT2D eigenvalue weighted by Crippen LogP contribution is -2.16. The minimum atomic E-state index is -0.168. The molecule has 0 heterocycles. The summed E-state index contributed by atoms with van der Waals surface area (Å²) in [5.74, 6) is 0.495. The van der Waals surface area contributed by atoms with E-state index in [1.54, 1.807) is 18.2 Å². The summed E-state index contributed by atoms with van der Waals surface area (Å²) >= 11 is 5.80. The Kier molecular flexibility index (Phi) is 3.17. The van der Waals surface area contributed by atoms with Crippen LogP contribution in [-0.2, 0) is 0 Å². The summed E-state index contributed by atoms with van der Waals surface area (Å²) in [5.41, 5.74) is 6.60. The fraction of sp³-hybridized carbons (Fsp3) is 0.400. The van der Waals surface area contributed by atoms with Crippen LogP contribution in [0, 0.1) is 5.92 Å². The molecule has 13 heavy (non-hydrogen) atoms. The van der Waals surface area contributed by atoms with E-state index in [2.05, 4.69) is 0 Å². The van der Waals surface area contributed by atoms with E-state index in [0.29, 0.717) is 10.6 Å². The van der Waals surface area contributed by atoms with Crippen LogP contribution in [0.3, 0.4) is 0 Å². The molecule has 3 heteroatoms. The summed E-state index contributed by atoms with van der Waals surface area (Å²) in [4.78, 5) is 0. The van der Waals surface area contributed by atoms with Crippen LogP contribution in [0.4, 0.5) is 0 Å².